The number of hydrogen-bond acceptors (Lipinski definition) is 3. The van der Waals surface area contributed by atoms with Gasteiger partial charge in [0.1, 0.15) is 12.2 Å². The van der Waals surface area contributed by atoms with Crippen molar-refractivity contribution < 1.29 is 0 Å². The molecule has 0 bridgehead atoms. The van der Waals surface area contributed by atoms with E-state index in [1.165, 1.54) is 11.3 Å². The Bertz CT molecular complexity index is 518. The fourth-order valence-corrected chi connectivity index (χ4v) is 2.46. The van der Waals surface area contributed by atoms with Crippen LogP contribution >= 0.6 is 0 Å². The van der Waals surface area contributed by atoms with E-state index in [1.807, 2.05) is 6.33 Å². The van der Waals surface area contributed by atoms with Crippen molar-refractivity contribution in [3.63, 3.8) is 0 Å². The zero-order valence-corrected chi connectivity index (χ0v) is 9.93. The van der Waals surface area contributed by atoms with Crippen molar-refractivity contribution in [2.75, 3.05) is 11.9 Å². The number of nitrogens with zero attached hydrogens (tertiary/aromatic N) is 3. The Hall–Kier alpha value is -1.84. The first kappa shape index (κ1) is 10.3. The summed E-state index contributed by atoms with van der Waals surface area (Å²) < 4.78 is 2.16. The molecular formula is C13H16N4. The minimum absolute atomic E-state index is 0.334. The summed E-state index contributed by atoms with van der Waals surface area (Å²) in [6.07, 6.45) is 2.94. The molecule has 0 amide bonds. The van der Waals surface area contributed by atoms with E-state index in [2.05, 4.69) is 51.3 Å². The molecule has 17 heavy (non-hydrogen) atoms. The van der Waals surface area contributed by atoms with E-state index in [0.29, 0.717) is 5.92 Å². The molecule has 0 radical (unpaired) electrons. The highest BCUT2D eigenvalue weighted by atomic mass is 15.3. The summed E-state index contributed by atoms with van der Waals surface area (Å²) >= 11 is 0. The highest BCUT2D eigenvalue weighted by Crippen LogP contribution is 2.34. The largest absolute Gasteiger partial charge is 0.384 e. The Balaban J connectivity index is 1.98. The van der Waals surface area contributed by atoms with Crippen molar-refractivity contribution in [1.29, 1.82) is 0 Å². The van der Waals surface area contributed by atoms with Crippen molar-refractivity contribution in [3.8, 4) is 0 Å². The molecular weight excluding hydrogens is 212 g/mol. The van der Waals surface area contributed by atoms with Crippen LogP contribution in [0.25, 0.3) is 0 Å². The lowest BCUT2D eigenvalue weighted by molar-refractivity contribution is 0.620. The first-order valence-corrected chi connectivity index (χ1v) is 6.10. The topological polar surface area (TPSA) is 42.7 Å². The molecule has 0 saturated carbocycles. The predicted octanol–water partition coefficient (Wildman–Crippen LogP) is 2.25. The Kier molecular flexibility index (Phi) is 2.55. The summed E-state index contributed by atoms with van der Waals surface area (Å²) in [5.74, 6) is 1.41. The van der Waals surface area contributed by atoms with Crippen molar-refractivity contribution in [2.45, 2.75) is 25.8 Å². The number of aryl methyl sites for hydroxylation is 1. The van der Waals surface area contributed by atoms with E-state index in [-0.39, 0.29) is 0 Å². The first-order chi connectivity index (χ1) is 8.40. The molecule has 4 nitrogen and oxygen atoms in total. The van der Waals surface area contributed by atoms with Gasteiger partial charge in [-0.2, -0.15) is 0 Å². The summed E-state index contributed by atoms with van der Waals surface area (Å²) in [6.45, 7) is 4.08. The molecule has 0 saturated heterocycles. The lowest BCUT2D eigenvalue weighted by Gasteiger charge is -2.11. The molecule has 2 aromatic rings. The van der Waals surface area contributed by atoms with E-state index in [9.17, 15) is 0 Å². The van der Waals surface area contributed by atoms with Crippen molar-refractivity contribution in [1.82, 2.24) is 14.8 Å². The Labute approximate surface area is 101 Å². The van der Waals surface area contributed by atoms with E-state index >= 15 is 0 Å². The quantitative estimate of drug-likeness (QED) is 0.876. The zero-order chi connectivity index (χ0) is 11.7. The van der Waals surface area contributed by atoms with Gasteiger partial charge in [-0.25, -0.2) is 0 Å². The fourth-order valence-electron chi connectivity index (χ4n) is 2.46. The summed E-state index contributed by atoms with van der Waals surface area (Å²) in [5.41, 5.74) is 2.56. The molecule has 88 valence electrons. The highest BCUT2D eigenvalue weighted by Gasteiger charge is 2.27. The van der Waals surface area contributed by atoms with Crippen LogP contribution in [0.2, 0.25) is 0 Å². The van der Waals surface area contributed by atoms with E-state index in [1.54, 1.807) is 0 Å². The van der Waals surface area contributed by atoms with E-state index in [4.69, 9.17) is 0 Å². The molecule has 0 spiro atoms. The monoisotopic (exact) mass is 228 g/mol. The van der Waals surface area contributed by atoms with Gasteiger partial charge in [0.15, 0.2) is 0 Å². The maximum Gasteiger partial charge on any atom is 0.142 e. The number of aromatic nitrogens is 3. The normalized spacial score (nSPS) is 17.8. The van der Waals surface area contributed by atoms with Crippen LogP contribution in [0.1, 0.15) is 30.7 Å². The standard InChI is InChI=1S/C13H16N4/c1-2-7-17-9-15-16-13(17)11-8-14-12-6-4-3-5-10(11)12/h3-6,9,11,14H,2,7-8H2,1H3. The summed E-state index contributed by atoms with van der Waals surface area (Å²) in [5, 5.41) is 11.8. The molecule has 1 atom stereocenters. The number of benzene rings is 1. The second-order valence-corrected chi connectivity index (χ2v) is 4.40. The average molecular weight is 228 g/mol. The maximum absolute atomic E-state index is 4.29. The van der Waals surface area contributed by atoms with E-state index < -0.39 is 0 Å². The van der Waals surface area contributed by atoms with Gasteiger partial charge < -0.3 is 9.88 Å². The minimum atomic E-state index is 0.334. The number of nitrogens with one attached hydrogen (secondary N) is 1. The Morgan fingerprint density at radius 2 is 2.29 bits per heavy atom. The van der Waals surface area contributed by atoms with Crippen LogP contribution < -0.4 is 5.32 Å². The highest BCUT2D eigenvalue weighted by molar-refractivity contribution is 5.59. The van der Waals surface area contributed by atoms with Crippen LogP contribution in [-0.2, 0) is 6.54 Å². The molecule has 1 N–H and O–H groups in total. The molecule has 1 aromatic heterocycles. The number of rotatable bonds is 3. The lowest BCUT2D eigenvalue weighted by atomic mass is 10.0. The smallest absolute Gasteiger partial charge is 0.142 e. The van der Waals surface area contributed by atoms with Gasteiger partial charge in [-0.05, 0) is 18.1 Å². The van der Waals surface area contributed by atoms with Crippen molar-refractivity contribution >= 4 is 5.69 Å². The Morgan fingerprint density at radius 3 is 3.18 bits per heavy atom. The molecule has 0 fully saturated rings. The summed E-state index contributed by atoms with van der Waals surface area (Å²) in [4.78, 5) is 0. The third kappa shape index (κ3) is 1.69. The van der Waals surface area contributed by atoms with Crippen LogP contribution in [-0.4, -0.2) is 21.3 Å². The minimum Gasteiger partial charge on any atom is -0.384 e. The molecule has 1 unspecified atom stereocenters. The zero-order valence-electron chi connectivity index (χ0n) is 9.93. The van der Waals surface area contributed by atoms with Crippen LogP contribution in [0.5, 0.6) is 0 Å². The van der Waals surface area contributed by atoms with Gasteiger partial charge in [0, 0.05) is 18.8 Å². The average Bonchev–Trinajstić information content (AvgIpc) is 2.95. The molecule has 1 aliphatic heterocycles. The van der Waals surface area contributed by atoms with Crippen LogP contribution in [0.3, 0.4) is 0 Å². The van der Waals surface area contributed by atoms with Gasteiger partial charge in [-0.3, -0.25) is 0 Å². The second kappa shape index (κ2) is 4.20. The second-order valence-electron chi connectivity index (χ2n) is 4.40. The number of anilines is 1. The third-order valence-corrected chi connectivity index (χ3v) is 3.25. The lowest BCUT2D eigenvalue weighted by Crippen LogP contribution is -2.11. The predicted molar refractivity (Wildman–Crippen MR) is 67.1 cm³/mol. The molecule has 2 heterocycles. The van der Waals surface area contributed by atoms with Gasteiger partial charge >= 0.3 is 0 Å². The van der Waals surface area contributed by atoms with Gasteiger partial charge in [0.25, 0.3) is 0 Å². The van der Waals surface area contributed by atoms with E-state index in [0.717, 1.165) is 25.3 Å². The van der Waals surface area contributed by atoms with Crippen LogP contribution in [0.4, 0.5) is 5.69 Å². The molecule has 1 aromatic carbocycles. The van der Waals surface area contributed by atoms with Gasteiger partial charge in [0.05, 0.1) is 5.92 Å². The maximum atomic E-state index is 4.29. The van der Waals surface area contributed by atoms with Crippen molar-refractivity contribution in [3.05, 3.63) is 42.0 Å². The summed E-state index contributed by atoms with van der Waals surface area (Å²) in [7, 11) is 0. The van der Waals surface area contributed by atoms with Crippen molar-refractivity contribution in [2.24, 2.45) is 0 Å². The SMILES string of the molecule is CCCn1cnnc1C1CNc2ccccc21. The number of fused-ring (bicyclic) bond motifs is 1. The van der Waals surface area contributed by atoms with Gasteiger partial charge in [0.2, 0.25) is 0 Å². The number of para-hydroxylation sites is 1. The Morgan fingerprint density at radius 1 is 1.41 bits per heavy atom. The van der Waals surface area contributed by atoms with Gasteiger partial charge in [-0.1, -0.05) is 25.1 Å². The molecule has 1 aliphatic rings. The summed E-state index contributed by atoms with van der Waals surface area (Å²) in [6, 6.07) is 8.44. The number of hydrogen-bond donors (Lipinski definition) is 1. The first-order valence-electron chi connectivity index (χ1n) is 6.10. The third-order valence-electron chi connectivity index (χ3n) is 3.25. The van der Waals surface area contributed by atoms with Crippen LogP contribution in [0, 0.1) is 0 Å². The molecule has 3 rings (SSSR count). The van der Waals surface area contributed by atoms with Crippen LogP contribution in [0.15, 0.2) is 30.6 Å². The molecule has 0 aliphatic carbocycles. The molecule has 4 heteroatoms. The fraction of sp³-hybridized carbons (Fsp3) is 0.385. The van der Waals surface area contributed by atoms with Gasteiger partial charge in [-0.15, -0.1) is 10.2 Å².